The van der Waals surface area contributed by atoms with Gasteiger partial charge in [0.1, 0.15) is 12.7 Å². The van der Waals surface area contributed by atoms with Gasteiger partial charge in [0.05, 0.1) is 6.61 Å². The maximum atomic E-state index is 11.0. The largest absolute Gasteiger partial charge is 0.386 e. The van der Waals surface area contributed by atoms with Crippen molar-refractivity contribution >= 4 is 5.78 Å². The number of benzene rings is 1. The maximum Gasteiger partial charge on any atom is 0.186 e. The summed E-state index contributed by atoms with van der Waals surface area (Å²) in [4.78, 5) is 11.0. The number of aliphatic hydroxyl groups is 1. The molecule has 0 saturated heterocycles. The van der Waals surface area contributed by atoms with E-state index in [1.54, 1.807) is 0 Å². The third-order valence-corrected chi connectivity index (χ3v) is 1.82. The number of carbonyl (C=O) groups excluding carboxylic acids is 1. The highest BCUT2D eigenvalue weighted by Crippen LogP contribution is 2.00. The van der Waals surface area contributed by atoms with Crippen LogP contribution < -0.4 is 0 Å². The summed E-state index contributed by atoms with van der Waals surface area (Å²) in [7, 11) is 0. The van der Waals surface area contributed by atoms with Gasteiger partial charge in [0.15, 0.2) is 5.78 Å². The standard InChI is InChI=1S/C11H14O3/c1-9(12)11(13)8-14-7-10-5-3-2-4-6-10/h2-6,9,12H,7-8H2,1H3/t9-/m1/s1. The highest BCUT2D eigenvalue weighted by molar-refractivity contribution is 5.83. The fourth-order valence-electron chi connectivity index (χ4n) is 0.964. The molecular weight excluding hydrogens is 180 g/mol. The second-order valence-electron chi connectivity index (χ2n) is 3.12. The van der Waals surface area contributed by atoms with E-state index in [-0.39, 0.29) is 12.4 Å². The average molecular weight is 194 g/mol. The predicted molar refractivity (Wildman–Crippen MR) is 52.8 cm³/mol. The Morgan fingerprint density at radius 2 is 2.07 bits per heavy atom. The summed E-state index contributed by atoms with van der Waals surface area (Å²) in [5, 5.41) is 8.89. The van der Waals surface area contributed by atoms with Gasteiger partial charge in [-0.3, -0.25) is 4.79 Å². The number of rotatable bonds is 5. The first kappa shape index (κ1) is 10.9. The van der Waals surface area contributed by atoms with Crippen molar-refractivity contribution in [2.45, 2.75) is 19.6 Å². The maximum absolute atomic E-state index is 11.0. The van der Waals surface area contributed by atoms with Crippen LogP contribution in [0.4, 0.5) is 0 Å². The first-order valence-corrected chi connectivity index (χ1v) is 4.52. The van der Waals surface area contributed by atoms with Crippen LogP contribution in [-0.4, -0.2) is 23.6 Å². The molecule has 1 aromatic carbocycles. The molecule has 0 aliphatic carbocycles. The predicted octanol–water partition coefficient (Wildman–Crippen LogP) is 1.15. The van der Waals surface area contributed by atoms with Crippen molar-refractivity contribution < 1.29 is 14.6 Å². The molecule has 3 nitrogen and oxygen atoms in total. The molecule has 1 N–H and O–H groups in total. The number of hydrogen-bond acceptors (Lipinski definition) is 3. The van der Waals surface area contributed by atoms with E-state index >= 15 is 0 Å². The first-order chi connectivity index (χ1) is 6.70. The smallest absolute Gasteiger partial charge is 0.186 e. The summed E-state index contributed by atoms with van der Waals surface area (Å²) in [6.07, 6.45) is -0.939. The molecular formula is C11H14O3. The number of carbonyl (C=O) groups is 1. The van der Waals surface area contributed by atoms with Crippen LogP contribution in [0.1, 0.15) is 12.5 Å². The van der Waals surface area contributed by atoms with Crippen LogP contribution in [-0.2, 0) is 16.1 Å². The van der Waals surface area contributed by atoms with Gasteiger partial charge in [0, 0.05) is 0 Å². The lowest BCUT2D eigenvalue weighted by atomic mass is 10.2. The molecule has 0 aromatic heterocycles. The van der Waals surface area contributed by atoms with E-state index in [1.165, 1.54) is 6.92 Å². The highest BCUT2D eigenvalue weighted by Gasteiger charge is 2.08. The Balaban J connectivity index is 2.26. The lowest BCUT2D eigenvalue weighted by Gasteiger charge is -2.05. The van der Waals surface area contributed by atoms with Crippen LogP contribution >= 0.6 is 0 Å². The van der Waals surface area contributed by atoms with Gasteiger partial charge in [0.2, 0.25) is 0 Å². The zero-order valence-electron chi connectivity index (χ0n) is 8.14. The summed E-state index contributed by atoms with van der Waals surface area (Å²) in [5.41, 5.74) is 1.02. The molecule has 0 heterocycles. The fourth-order valence-corrected chi connectivity index (χ4v) is 0.964. The molecule has 76 valence electrons. The van der Waals surface area contributed by atoms with E-state index in [4.69, 9.17) is 9.84 Å². The molecule has 0 spiro atoms. The summed E-state index contributed by atoms with van der Waals surface area (Å²) < 4.78 is 5.13. The summed E-state index contributed by atoms with van der Waals surface area (Å²) in [6, 6.07) is 9.59. The zero-order chi connectivity index (χ0) is 10.4. The van der Waals surface area contributed by atoms with E-state index in [0.717, 1.165) is 5.56 Å². The van der Waals surface area contributed by atoms with Crippen LogP contribution in [0.3, 0.4) is 0 Å². The molecule has 0 aliphatic heterocycles. The Morgan fingerprint density at radius 1 is 1.43 bits per heavy atom. The number of hydrogen-bond donors (Lipinski definition) is 1. The van der Waals surface area contributed by atoms with Crippen LogP contribution in [0.25, 0.3) is 0 Å². The minimum absolute atomic E-state index is 0.0352. The van der Waals surface area contributed by atoms with E-state index in [2.05, 4.69) is 0 Å². The molecule has 0 fully saturated rings. The molecule has 0 radical (unpaired) electrons. The first-order valence-electron chi connectivity index (χ1n) is 4.52. The summed E-state index contributed by atoms with van der Waals surface area (Å²) in [6.45, 7) is 1.81. The van der Waals surface area contributed by atoms with E-state index < -0.39 is 6.10 Å². The van der Waals surface area contributed by atoms with E-state index in [1.807, 2.05) is 30.3 Å². The second-order valence-corrected chi connectivity index (χ2v) is 3.12. The van der Waals surface area contributed by atoms with Gasteiger partial charge in [-0.05, 0) is 12.5 Å². The second kappa shape index (κ2) is 5.52. The van der Waals surface area contributed by atoms with Gasteiger partial charge in [-0.2, -0.15) is 0 Å². The number of ether oxygens (including phenoxy) is 1. The normalized spacial score (nSPS) is 12.4. The molecule has 0 bridgehead atoms. The van der Waals surface area contributed by atoms with Crippen LogP contribution in [0.15, 0.2) is 30.3 Å². The molecule has 1 rings (SSSR count). The minimum atomic E-state index is -0.939. The molecule has 0 saturated carbocycles. The highest BCUT2D eigenvalue weighted by atomic mass is 16.5. The third-order valence-electron chi connectivity index (χ3n) is 1.82. The van der Waals surface area contributed by atoms with Crippen molar-refractivity contribution in [2.75, 3.05) is 6.61 Å². The third kappa shape index (κ3) is 3.68. The number of ketones is 1. The molecule has 3 heteroatoms. The minimum Gasteiger partial charge on any atom is -0.386 e. The lowest BCUT2D eigenvalue weighted by Crippen LogP contribution is -2.21. The van der Waals surface area contributed by atoms with Gasteiger partial charge in [-0.1, -0.05) is 30.3 Å². The molecule has 14 heavy (non-hydrogen) atoms. The van der Waals surface area contributed by atoms with Crippen LogP contribution in [0.5, 0.6) is 0 Å². The fraction of sp³-hybridized carbons (Fsp3) is 0.364. The summed E-state index contributed by atoms with van der Waals surface area (Å²) >= 11 is 0. The lowest BCUT2D eigenvalue weighted by molar-refractivity contribution is -0.131. The Hall–Kier alpha value is -1.19. The van der Waals surface area contributed by atoms with Crippen LogP contribution in [0.2, 0.25) is 0 Å². The summed E-state index contributed by atoms with van der Waals surface area (Å²) in [5.74, 6) is -0.291. The Morgan fingerprint density at radius 3 is 2.64 bits per heavy atom. The molecule has 1 aromatic rings. The van der Waals surface area contributed by atoms with Crippen molar-refractivity contribution in [3.05, 3.63) is 35.9 Å². The van der Waals surface area contributed by atoms with Crippen molar-refractivity contribution in [3.8, 4) is 0 Å². The van der Waals surface area contributed by atoms with E-state index in [9.17, 15) is 4.79 Å². The van der Waals surface area contributed by atoms with Crippen LogP contribution in [0, 0.1) is 0 Å². The molecule has 0 unspecified atom stereocenters. The van der Waals surface area contributed by atoms with Gasteiger partial charge in [-0.15, -0.1) is 0 Å². The Kier molecular flexibility index (Phi) is 4.29. The molecule has 1 atom stereocenters. The Bertz CT molecular complexity index is 280. The van der Waals surface area contributed by atoms with Gasteiger partial charge in [0.25, 0.3) is 0 Å². The number of Topliss-reactive ketones (excluding diaryl/α,β-unsaturated/α-hetero) is 1. The van der Waals surface area contributed by atoms with Crippen molar-refractivity contribution in [1.82, 2.24) is 0 Å². The topological polar surface area (TPSA) is 46.5 Å². The van der Waals surface area contributed by atoms with Crippen molar-refractivity contribution in [3.63, 3.8) is 0 Å². The SMILES string of the molecule is C[C@@H](O)C(=O)COCc1ccccc1. The van der Waals surface area contributed by atoms with Crippen molar-refractivity contribution in [2.24, 2.45) is 0 Å². The van der Waals surface area contributed by atoms with Gasteiger partial charge >= 0.3 is 0 Å². The van der Waals surface area contributed by atoms with Crippen molar-refractivity contribution in [1.29, 1.82) is 0 Å². The van der Waals surface area contributed by atoms with E-state index in [0.29, 0.717) is 6.61 Å². The molecule has 0 amide bonds. The van der Waals surface area contributed by atoms with Gasteiger partial charge in [-0.25, -0.2) is 0 Å². The van der Waals surface area contributed by atoms with Gasteiger partial charge < -0.3 is 9.84 Å². The number of aliphatic hydroxyl groups excluding tert-OH is 1. The molecule has 0 aliphatic rings. The average Bonchev–Trinajstić information content (AvgIpc) is 2.19. The zero-order valence-corrected chi connectivity index (χ0v) is 8.14. The quantitative estimate of drug-likeness (QED) is 0.765. The monoisotopic (exact) mass is 194 g/mol. The Labute approximate surface area is 83.3 Å².